The molecule has 254 valence electrons. The molecular weight excluding hydrogens is 708 g/mol. The maximum atomic E-state index is 15.7. The third-order valence-corrected chi connectivity index (χ3v) is 8.68. The summed E-state index contributed by atoms with van der Waals surface area (Å²) in [5, 5.41) is 11.9. The van der Waals surface area contributed by atoms with Crippen LogP contribution in [0.4, 0.5) is 35.1 Å². The number of aromatic nitrogens is 1. The van der Waals surface area contributed by atoms with Crippen molar-refractivity contribution in [3.05, 3.63) is 90.8 Å². The normalized spacial score (nSPS) is 18.4. The number of fused-ring (bicyclic) bond motifs is 4. The van der Waals surface area contributed by atoms with Crippen molar-refractivity contribution in [2.45, 2.75) is 82.7 Å². The highest BCUT2D eigenvalue weighted by Gasteiger charge is 2.39. The van der Waals surface area contributed by atoms with E-state index in [4.69, 9.17) is 0 Å². The highest BCUT2D eigenvalue weighted by atomic mass is 79.9. The molecule has 0 unspecified atom stereocenters. The minimum atomic E-state index is -5.26. The monoisotopic (exact) mass is 736 g/mol. The summed E-state index contributed by atoms with van der Waals surface area (Å²) in [7, 11) is 0. The van der Waals surface area contributed by atoms with E-state index in [2.05, 4.69) is 21.2 Å². The van der Waals surface area contributed by atoms with Gasteiger partial charge in [-0.25, -0.2) is 8.78 Å². The maximum Gasteiger partial charge on any atom is 0.419 e. The molecule has 0 aliphatic carbocycles. The van der Waals surface area contributed by atoms with E-state index in [0.29, 0.717) is 37.3 Å². The number of benzene rings is 2. The standard InChI is InChI=1S/C32H29BrF8N2O4/c1-16-9-19(34)10-17-7-5-3-2-4-6-8-25(43-15-23(33)21(13-26(43)44)31(36,37)38)30(47)42-24(14-27(45)46)20-11-18(28(16)17)12-22(29(20)35)32(39,40)41/h9-13,15,24-25H,2-8,14H2,1H3,(H,42,47)(H,45,46)/t24-,25-/m0/s1. The predicted octanol–water partition coefficient (Wildman–Crippen LogP) is 8.67. The van der Waals surface area contributed by atoms with Crippen LogP contribution in [0, 0.1) is 18.6 Å². The minimum absolute atomic E-state index is 0.118. The molecule has 47 heavy (non-hydrogen) atoms. The van der Waals surface area contributed by atoms with Gasteiger partial charge in [0.2, 0.25) is 5.91 Å². The molecule has 2 aromatic carbocycles. The summed E-state index contributed by atoms with van der Waals surface area (Å²) >= 11 is 2.77. The van der Waals surface area contributed by atoms with Gasteiger partial charge in [-0.2, -0.15) is 26.3 Å². The van der Waals surface area contributed by atoms with Gasteiger partial charge in [-0.1, -0.05) is 25.7 Å². The lowest BCUT2D eigenvalue weighted by Crippen LogP contribution is -2.40. The van der Waals surface area contributed by atoms with E-state index < -0.39 is 81.1 Å². The Hall–Kier alpha value is -3.75. The van der Waals surface area contributed by atoms with Crippen LogP contribution in [0.3, 0.4) is 0 Å². The van der Waals surface area contributed by atoms with Crippen molar-refractivity contribution >= 4 is 27.8 Å². The second-order valence-corrected chi connectivity index (χ2v) is 12.3. The number of carbonyl (C=O) groups excluding carboxylic acids is 1. The van der Waals surface area contributed by atoms with Crippen molar-refractivity contribution in [1.29, 1.82) is 0 Å². The summed E-state index contributed by atoms with van der Waals surface area (Å²) in [4.78, 5) is 38.5. The topological polar surface area (TPSA) is 88.4 Å². The molecule has 1 aromatic heterocycles. The first kappa shape index (κ1) is 36.1. The molecule has 3 aromatic rings. The van der Waals surface area contributed by atoms with Gasteiger partial charge >= 0.3 is 18.3 Å². The summed E-state index contributed by atoms with van der Waals surface area (Å²) in [5.74, 6) is -5.20. The summed E-state index contributed by atoms with van der Waals surface area (Å²) < 4.78 is 113. The van der Waals surface area contributed by atoms with E-state index >= 15 is 4.39 Å². The number of carbonyl (C=O) groups is 2. The number of hydrogen-bond donors (Lipinski definition) is 2. The Morgan fingerprint density at radius 1 is 0.936 bits per heavy atom. The zero-order valence-electron chi connectivity index (χ0n) is 24.8. The number of aliphatic carboxylic acids is 1. The van der Waals surface area contributed by atoms with E-state index in [0.717, 1.165) is 22.9 Å². The third kappa shape index (κ3) is 8.40. The van der Waals surface area contributed by atoms with Crippen molar-refractivity contribution in [2.24, 2.45) is 0 Å². The van der Waals surface area contributed by atoms with Crippen LogP contribution in [0.15, 0.2) is 45.8 Å². The molecule has 2 N–H and O–H groups in total. The second-order valence-electron chi connectivity index (χ2n) is 11.4. The first-order chi connectivity index (χ1) is 21.9. The van der Waals surface area contributed by atoms with Crippen LogP contribution in [0.2, 0.25) is 0 Å². The quantitative estimate of drug-likeness (QED) is 0.264. The highest BCUT2D eigenvalue weighted by Crippen LogP contribution is 2.41. The van der Waals surface area contributed by atoms with Crippen LogP contribution in [-0.2, 0) is 28.4 Å². The minimum Gasteiger partial charge on any atom is -0.481 e. The number of aryl methyl sites for hydroxylation is 2. The number of pyridine rings is 1. The number of hydrogen-bond acceptors (Lipinski definition) is 3. The lowest BCUT2D eigenvalue weighted by Gasteiger charge is -2.26. The maximum absolute atomic E-state index is 15.7. The molecule has 1 aliphatic rings. The van der Waals surface area contributed by atoms with Crippen LogP contribution < -0.4 is 10.9 Å². The van der Waals surface area contributed by atoms with Crippen LogP contribution >= 0.6 is 15.9 Å². The van der Waals surface area contributed by atoms with E-state index in [1.165, 1.54) is 13.0 Å². The van der Waals surface area contributed by atoms with Crippen LogP contribution in [0.25, 0.3) is 11.1 Å². The molecule has 0 saturated carbocycles. The molecule has 1 amide bonds. The van der Waals surface area contributed by atoms with Gasteiger partial charge in [0.25, 0.3) is 5.56 Å². The third-order valence-electron chi connectivity index (χ3n) is 8.05. The molecule has 2 atom stereocenters. The molecule has 15 heteroatoms. The van der Waals surface area contributed by atoms with E-state index in [1.54, 1.807) is 0 Å². The van der Waals surface area contributed by atoms with Gasteiger partial charge < -0.3 is 15.0 Å². The van der Waals surface area contributed by atoms with Gasteiger partial charge in [0, 0.05) is 22.3 Å². The van der Waals surface area contributed by atoms with E-state index in [9.17, 15) is 50.2 Å². The number of nitrogens with zero attached hydrogens (tertiary/aromatic N) is 1. The highest BCUT2D eigenvalue weighted by molar-refractivity contribution is 9.10. The van der Waals surface area contributed by atoms with Crippen molar-refractivity contribution in [2.75, 3.05) is 0 Å². The van der Waals surface area contributed by atoms with Gasteiger partial charge in [0.05, 0.1) is 23.6 Å². The fourth-order valence-corrected chi connectivity index (χ4v) is 6.48. The molecular formula is C32H29BrF8N2O4. The lowest BCUT2D eigenvalue weighted by atomic mass is 9.87. The molecule has 1 aliphatic heterocycles. The van der Waals surface area contributed by atoms with Crippen molar-refractivity contribution in [1.82, 2.24) is 9.88 Å². The van der Waals surface area contributed by atoms with Crippen LogP contribution in [0.1, 0.15) is 84.8 Å². The fourth-order valence-electron chi connectivity index (χ4n) is 5.92. The number of amides is 1. The Morgan fingerprint density at radius 3 is 2.21 bits per heavy atom. The molecule has 0 spiro atoms. The first-order valence-electron chi connectivity index (χ1n) is 14.6. The van der Waals surface area contributed by atoms with Crippen molar-refractivity contribution in [3.63, 3.8) is 0 Å². The Balaban J connectivity index is 1.94. The summed E-state index contributed by atoms with van der Waals surface area (Å²) in [5.41, 5.74) is -4.45. The second kappa shape index (κ2) is 14.2. The predicted molar refractivity (Wildman–Crippen MR) is 159 cm³/mol. The largest absolute Gasteiger partial charge is 0.481 e. The van der Waals surface area contributed by atoms with Crippen LogP contribution in [0.5, 0.6) is 0 Å². The molecule has 0 saturated heterocycles. The number of carboxylic acids is 1. The molecule has 0 radical (unpaired) electrons. The smallest absolute Gasteiger partial charge is 0.419 e. The molecule has 4 rings (SSSR count). The van der Waals surface area contributed by atoms with Gasteiger partial charge in [-0.3, -0.25) is 14.4 Å². The summed E-state index contributed by atoms with van der Waals surface area (Å²) in [6.07, 6.45) is -7.87. The van der Waals surface area contributed by atoms with Crippen LogP contribution in [-0.4, -0.2) is 21.6 Å². The average Bonchev–Trinajstić information content (AvgIpc) is 2.93. The average molecular weight is 737 g/mol. The zero-order chi connectivity index (χ0) is 34.8. The molecule has 6 nitrogen and oxygen atoms in total. The molecule has 2 bridgehead atoms. The Labute approximate surface area is 271 Å². The number of halogens is 9. The van der Waals surface area contributed by atoms with E-state index in [1.807, 2.05) is 0 Å². The van der Waals surface area contributed by atoms with Gasteiger partial charge in [0.1, 0.15) is 17.7 Å². The number of nitrogens with one attached hydrogen (secondary N) is 1. The van der Waals surface area contributed by atoms with E-state index in [-0.39, 0.29) is 42.0 Å². The lowest BCUT2D eigenvalue weighted by molar-refractivity contribution is -0.140. The first-order valence-corrected chi connectivity index (χ1v) is 15.4. The SMILES string of the molecule is Cc1cc(F)cc2c1-c1cc(c(F)c(C(F)(F)F)c1)[C@H](CC(=O)O)NC(=O)[C@@H](n1cc(Br)c(C(F)(F)F)cc1=O)CCCCCCC2. The Kier molecular flexibility index (Phi) is 10.9. The Morgan fingerprint density at radius 2 is 1.57 bits per heavy atom. The number of rotatable bonds is 3. The molecule has 2 heterocycles. The van der Waals surface area contributed by atoms with Gasteiger partial charge in [-0.05, 0) is 88.6 Å². The van der Waals surface area contributed by atoms with Gasteiger partial charge in [-0.15, -0.1) is 0 Å². The number of carboxylic acid groups (broad SMARTS) is 1. The summed E-state index contributed by atoms with van der Waals surface area (Å²) in [6.45, 7) is 1.47. The van der Waals surface area contributed by atoms with Crippen molar-refractivity contribution < 1.29 is 49.8 Å². The van der Waals surface area contributed by atoms with Crippen molar-refractivity contribution in [3.8, 4) is 11.1 Å². The fraction of sp³-hybridized carbons (Fsp3) is 0.406. The molecule has 0 fully saturated rings. The Bertz CT molecular complexity index is 1740. The van der Waals surface area contributed by atoms with Gasteiger partial charge in [0.15, 0.2) is 0 Å². The zero-order valence-corrected chi connectivity index (χ0v) is 26.4. The summed E-state index contributed by atoms with van der Waals surface area (Å²) in [6, 6.07) is 0.667. The number of alkyl halides is 6.